The summed E-state index contributed by atoms with van der Waals surface area (Å²) in [6.07, 6.45) is 5.70. The van der Waals surface area contributed by atoms with Crippen LogP contribution in [-0.2, 0) is 11.3 Å². The third-order valence-corrected chi connectivity index (χ3v) is 6.27. The monoisotopic (exact) mass is 485 g/mol. The van der Waals surface area contributed by atoms with E-state index in [0.717, 1.165) is 48.3 Å². The van der Waals surface area contributed by atoms with Gasteiger partial charge in [-0.25, -0.2) is 9.98 Å². The molecule has 3 aromatic rings. The topological polar surface area (TPSA) is 93.6 Å². The second-order valence-corrected chi connectivity index (χ2v) is 9.84. The molecule has 0 aliphatic carbocycles. The Morgan fingerprint density at radius 3 is 2.47 bits per heavy atom. The molecule has 2 N–H and O–H groups in total. The average molecular weight is 486 g/mol. The molecule has 188 valence electrons. The Morgan fingerprint density at radius 2 is 1.78 bits per heavy atom. The summed E-state index contributed by atoms with van der Waals surface area (Å²) < 4.78 is 1.67. The van der Waals surface area contributed by atoms with Gasteiger partial charge in [0, 0.05) is 37.2 Å². The third-order valence-electron chi connectivity index (χ3n) is 6.27. The number of amides is 1. The molecule has 1 aliphatic rings. The summed E-state index contributed by atoms with van der Waals surface area (Å²) in [5, 5.41) is 0.605. The summed E-state index contributed by atoms with van der Waals surface area (Å²) in [5.41, 5.74) is 11.0. The van der Waals surface area contributed by atoms with Gasteiger partial charge in [0.05, 0.1) is 22.9 Å². The zero-order chi connectivity index (χ0) is 25.8. The number of hydrogen-bond donors (Lipinski definition) is 1. The van der Waals surface area contributed by atoms with Crippen molar-refractivity contribution in [2.75, 3.05) is 13.1 Å². The van der Waals surface area contributed by atoms with E-state index >= 15 is 0 Å². The number of nitrogens with zero attached hydrogens (tertiary/aromatic N) is 4. The number of fused-ring (bicyclic) bond motifs is 2. The first-order valence-electron chi connectivity index (χ1n) is 12.8. The van der Waals surface area contributed by atoms with Gasteiger partial charge in [0.1, 0.15) is 5.84 Å². The number of aromatic nitrogens is 2. The molecule has 0 radical (unpaired) electrons. The van der Waals surface area contributed by atoms with E-state index in [9.17, 15) is 9.59 Å². The SMILES string of the molecule is CCCN(CCC)C(=O)C1=Cc2ccc(-c3ccc4c(=O)n(CC(C)C)cnc4c3)cc2N=C(N)C1. The Kier molecular flexibility index (Phi) is 7.67. The van der Waals surface area contributed by atoms with Crippen LogP contribution in [0.2, 0.25) is 0 Å². The van der Waals surface area contributed by atoms with Crippen LogP contribution < -0.4 is 11.3 Å². The fourth-order valence-corrected chi connectivity index (χ4v) is 4.63. The van der Waals surface area contributed by atoms with Gasteiger partial charge in [0.2, 0.25) is 5.91 Å². The molecule has 0 unspecified atom stereocenters. The van der Waals surface area contributed by atoms with Crippen LogP contribution in [0.15, 0.2) is 58.1 Å². The molecule has 36 heavy (non-hydrogen) atoms. The highest BCUT2D eigenvalue weighted by Crippen LogP contribution is 2.32. The van der Waals surface area contributed by atoms with Crippen molar-refractivity contribution in [1.29, 1.82) is 0 Å². The number of nitrogens with two attached hydrogens (primary N) is 1. The number of hydrogen-bond acceptors (Lipinski definition) is 5. The fraction of sp³-hybridized carbons (Fsp3) is 0.379. The van der Waals surface area contributed by atoms with E-state index in [2.05, 4.69) is 37.7 Å². The quantitative estimate of drug-likeness (QED) is 0.478. The Hall–Kier alpha value is -3.74. The Bertz CT molecular complexity index is 1390. The van der Waals surface area contributed by atoms with Gasteiger partial charge in [-0.3, -0.25) is 14.2 Å². The van der Waals surface area contributed by atoms with Crippen molar-refractivity contribution in [1.82, 2.24) is 14.5 Å². The van der Waals surface area contributed by atoms with E-state index < -0.39 is 0 Å². The van der Waals surface area contributed by atoms with Crippen molar-refractivity contribution in [3.05, 3.63) is 64.2 Å². The van der Waals surface area contributed by atoms with Crippen LogP contribution in [0.1, 0.15) is 52.5 Å². The summed E-state index contributed by atoms with van der Waals surface area (Å²) in [6.45, 7) is 10.4. The first kappa shape index (κ1) is 25.4. The predicted octanol–water partition coefficient (Wildman–Crippen LogP) is 5.14. The molecule has 0 bridgehead atoms. The van der Waals surface area contributed by atoms with Crippen LogP contribution in [0.5, 0.6) is 0 Å². The zero-order valence-electron chi connectivity index (χ0n) is 21.6. The van der Waals surface area contributed by atoms with E-state index in [0.29, 0.717) is 41.2 Å². The molecular weight excluding hydrogens is 450 g/mol. The van der Waals surface area contributed by atoms with Gasteiger partial charge in [0.15, 0.2) is 0 Å². The molecule has 0 saturated heterocycles. The number of benzene rings is 2. The summed E-state index contributed by atoms with van der Waals surface area (Å²) >= 11 is 0. The van der Waals surface area contributed by atoms with Crippen molar-refractivity contribution in [3.8, 4) is 11.1 Å². The van der Waals surface area contributed by atoms with Crippen LogP contribution in [0.3, 0.4) is 0 Å². The molecule has 2 heterocycles. The maximum absolute atomic E-state index is 13.2. The molecule has 7 nitrogen and oxygen atoms in total. The normalized spacial score (nSPS) is 13.2. The summed E-state index contributed by atoms with van der Waals surface area (Å²) in [7, 11) is 0. The predicted molar refractivity (Wildman–Crippen MR) is 147 cm³/mol. The highest BCUT2D eigenvalue weighted by Gasteiger charge is 2.21. The van der Waals surface area contributed by atoms with Gasteiger partial charge in [0.25, 0.3) is 5.56 Å². The standard InChI is InChI=1S/C29H35N5O2/c1-5-11-33(12-6-2)28(35)23-13-22-8-7-20(14-25(22)32-27(30)16-23)21-9-10-24-26(15-21)31-18-34(29(24)36)17-19(3)4/h7-10,13-15,18-19H,5-6,11-12,16-17H2,1-4H3,(H2,30,32). The van der Waals surface area contributed by atoms with E-state index in [1.54, 1.807) is 10.9 Å². The first-order chi connectivity index (χ1) is 17.3. The van der Waals surface area contributed by atoms with Gasteiger partial charge in [-0.15, -0.1) is 0 Å². The lowest BCUT2D eigenvalue weighted by molar-refractivity contribution is -0.127. The Labute approximate surface area is 212 Å². The molecule has 1 aliphatic heterocycles. The zero-order valence-corrected chi connectivity index (χ0v) is 21.6. The summed E-state index contributed by atoms with van der Waals surface area (Å²) in [5.74, 6) is 0.807. The van der Waals surface area contributed by atoms with Crippen LogP contribution in [0.25, 0.3) is 28.1 Å². The van der Waals surface area contributed by atoms with Crippen molar-refractivity contribution in [2.45, 2.75) is 53.5 Å². The molecule has 0 saturated carbocycles. The molecule has 1 aromatic heterocycles. The minimum Gasteiger partial charge on any atom is -0.387 e. The summed E-state index contributed by atoms with van der Waals surface area (Å²) in [4.78, 5) is 37.1. The lowest BCUT2D eigenvalue weighted by Crippen LogP contribution is -2.34. The summed E-state index contributed by atoms with van der Waals surface area (Å²) in [6, 6.07) is 11.7. The molecule has 0 atom stereocenters. The van der Waals surface area contributed by atoms with E-state index in [-0.39, 0.29) is 11.5 Å². The smallest absolute Gasteiger partial charge is 0.261 e. The van der Waals surface area contributed by atoms with E-state index in [1.165, 1.54) is 0 Å². The Balaban J connectivity index is 1.69. The molecule has 0 fully saturated rings. The molecule has 1 amide bonds. The van der Waals surface area contributed by atoms with Gasteiger partial charge >= 0.3 is 0 Å². The van der Waals surface area contributed by atoms with E-state index in [4.69, 9.17) is 5.73 Å². The minimum atomic E-state index is -0.0259. The van der Waals surface area contributed by atoms with Crippen LogP contribution in [0, 0.1) is 5.92 Å². The van der Waals surface area contributed by atoms with Crippen molar-refractivity contribution < 1.29 is 4.79 Å². The maximum Gasteiger partial charge on any atom is 0.261 e. The molecule has 0 spiro atoms. The highest BCUT2D eigenvalue weighted by atomic mass is 16.2. The van der Waals surface area contributed by atoms with Gasteiger partial charge in [-0.1, -0.05) is 45.9 Å². The lowest BCUT2D eigenvalue weighted by atomic mass is 10.00. The minimum absolute atomic E-state index is 0.0255. The largest absolute Gasteiger partial charge is 0.387 e. The first-order valence-corrected chi connectivity index (χ1v) is 12.8. The van der Waals surface area contributed by atoms with Gasteiger partial charge < -0.3 is 10.6 Å². The molecule has 7 heteroatoms. The molecular formula is C29H35N5O2. The number of amidine groups is 1. The van der Waals surface area contributed by atoms with Crippen molar-refractivity contribution in [2.24, 2.45) is 16.6 Å². The van der Waals surface area contributed by atoms with Crippen LogP contribution in [-0.4, -0.2) is 39.3 Å². The number of aliphatic imine (C=N–C) groups is 1. The van der Waals surface area contributed by atoms with Gasteiger partial charge in [-0.2, -0.15) is 0 Å². The van der Waals surface area contributed by atoms with E-state index in [1.807, 2.05) is 47.4 Å². The third kappa shape index (κ3) is 5.40. The highest BCUT2D eigenvalue weighted by molar-refractivity contribution is 6.05. The maximum atomic E-state index is 13.2. The number of carbonyl (C=O) groups excluding carboxylic acids is 1. The Morgan fingerprint density at radius 1 is 1.08 bits per heavy atom. The second kappa shape index (κ2) is 10.9. The number of rotatable bonds is 8. The number of carbonyl (C=O) groups is 1. The van der Waals surface area contributed by atoms with Crippen molar-refractivity contribution >= 4 is 34.4 Å². The fourth-order valence-electron chi connectivity index (χ4n) is 4.63. The average Bonchev–Trinajstić information content (AvgIpc) is 3.02. The van der Waals surface area contributed by atoms with Crippen LogP contribution >= 0.6 is 0 Å². The second-order valence-electron chi connectivity index (χ2n) is 9.84. The van der Waals surface area contributed by atoms with Crippen LogP contribution in [0.4, 0.5) is 5.69 Å². The molecule has 2 aromatic carbocycles. The van der Waals surface area contributed by atoms with Gasteiger partial charge in [-0.05, 0) is 54.2 Å². The molecule has 4 rings (SSSR count). The lowest BCUT2D eigenvalue weighted by Gasteiger charge is -2.22. The van der Waals surface area contributed by atoms with Crippen molar-refractivity contribution in [3.63, 3.8) is 0 Å².